The predicted octanol–water partition coefficient (Wildman–Crippen LogP) is 23.9. The fourth-order valence-corrected chi connectivity index (χ4v) is 15.3. The second-order valence-electron chi connectivity index (χ2n) is 25.9. The van der Waals surface area contributed by atoms with Crippen molar-refractivity contribution in [2.24, 2.45) is 33.0 Å². The van der Waals surface area contributed by atoms with Crippen LogP contribution in [0.4, 0.5) is 0 Å². The summed E-state index contributed by atoms with van der Waals surface area (Å²) in [5.41, 5.74) is 20.4. The number of aryl methyl sites for hydroxylation is 6. The second-order valence-corrected chi connectivity index (χ2v) is 25.9. The Hall–Kier alpha value is -8.08. The van der Waals surface area contributed by atoms with Gasteiger partial charge in [0.25, 0.3) is 0 Å². The number of hydrogen-bond donors (Lipinski definition) is 0. The molecule has 0 aliphatic heterocycles. The van der Waals surface area contributed by atoms with Gasteiger partial charge in [-0.25, -0.2) is 41.5 Å². The molecule has 3 heterocycles. The van der Waals surface area contributed by atoms with Crippen molar-refractivity contribution in [2.45, 2.75) is 74.1 Å². The largest absolute Gasteiger partial charge is 0.226 e. The summed E-state index contributed by atoms with van der Waals surface area (Å²) in [5.74, 6) is 1.77. The molecule has 18 rings (SSSR count). The summed E-state index contributed by atoms with van der Waals surface area (Å²) >= 11 is 0. The van der Waals surface area contributed by atoms with Crippen molar-refractivity contribution in [1.29, 1.82) is 0 Å². The first kappa shape index (κ1) is 79.5. The van der Waals surface area contributed by atoms with Gasteiger partial charge in [-0.15, -0.1) is 51.2 Å². The SMILES string of the molecule is CC.CC.CC.Cc1c[c-]c(-c2[c-]c3c4ccccc4c4ccccc4c3cc2)cc1-c1cccc[n+]1C.Cc1c[c-]c(-c2[c-]cc3c4ccccc4c4ccccc4c3c2)cc1-c1cccc[n+]1C.Cc1c[c-]c(-c2[c-]ccc3c2C2C=CC=CC2C2C=CC=CC32)cc1-c1cccc[n+]1C.[Y].[Y].[Y]. The van der Waals surface area contributed by atoms with Gasteiger partial charge in [-0.2, -0.15) is 102 Å². The molecular weight excluding hydrogens is 1500 g/mol. The standard InChI is InChI=1S/C31H26N.2C31H22N.3C2H6.3Y/c1-21-17-18-22(20-29(21)30-16-7-8-19-32(30)2)23-14-9-15-28-26-11-4-3-10-24(26)25-12-5-6-13-27(25)31(23)28;2*1-21-14-15-22(19-29(21)31-13-7-8-18-32(31)2)23-16-17-28-26-11-4-3-9-24(26)25-10-5-6-12-27(25)30(28)20-23;3*1-2;;;/h3-13,15-17,19-20,24-27H,1-2H3;3-14,17-20H,1-2H3;3-14,16-19H,1-2H3;3*1-2H3;;;/q3*-1;;;;;;. The number of nitrogens with zero attached hydrogens (tertiary/aromatic N) is 3. The van der Waals surface area contributed by atoms with Gasteiger partial charge in [0.15, 0.2) is 35.7 Å². The number of fused-ring (bicyclic) bond motifs is 18. The van der Waals surface area contributed by atoms with Crippen molar-refractivity contribution in [3.63, 3.8) is 0 Å². The molecule has 3 aromatic heterocycles. The van der Waals surface area contributed by atoms with Crippen LogP contribution in [0.2, 0.25) is 0 Å². The minimum atomic E-state index is 0. The molecular formula is C99H88N3Y3-3. The van der Waals surface area contributed by atoms with Gasteiger partial charge in [-0.3, -0.25) is 0 Å². The summed E-state index contributed by atoms with van der Waals surface area (Å²) in [6.07, 6.45) is 24.7. The van der Waals surface area contributed by atoms with Gasteiger partial charge in [-0.05, 0) is 90.9 Å². The molecule has 0 bridgehead atoms. The zero-order valence-corrected chi connectivity index (χ0v) is 71.1. The number of pyridine rings is 3. The summed E-state index contributed by atoms with van der Waals surface area (Å²) < 4.78 is 6.51. The molecule has 4 unspecified atom stereocenters. The first-order chi connectivity index (χ1) is 50.1. The zero-order chi connectivity index (χ0) is 71.0. The van der Waals surface area contributed by atoms with E-state index in [1.807, 2.05) is 41.5 Å². The van der Waals surface area contributed by atoms with E-state index in [9.17, 15) is 0 Å². The van der Waals surface area contributed by atoms with Crippen LogP contribution in [0.25, 0.3) is 132 Å². The molecule has 12 aromatic carbocycles. The minimum Gasteiger partial charge on any atom is -0.226 e. The Kier molecular flexibility index (Phi) is 27.6. The van der Waals surface area contributed by atoms with Gasteiger partial charge in [0.2, 0.25) is 0 Å². The van der Waals surface area contributed by atoms with E-state index in [-0.39, 0.29) is 98.1 Å². The molecule has 3 radical (unpaired) electrons. The Bertz CT molecular complexity index is 5420. The van der Waals surface area contributed by atoms with Crippen LogP contribution in [0.3, 0.4) is 0 Å². The van der Waals surface area contributed by atoms with Crippen molar-refractivity contribution < 1.29 is 112 Å². The van der Waals surface area contributed by atoms with Crippen LogP contribution in [-0.4, -0.2) is 0 Å². The minimum absolute atomic E-state index is 0. The Balaban J connectivity index is 0.000000161. The number of aromatic nitrogens is 3. The third-order valence-electron chi connectivity index (χ3n) is 20.2. The maximum Gasteiger partial charge on any atom is 0.193 e. The molecule has 0 amide bonds. The monoisotopic (exact) mass is 1590 g/mol. The number of benzene rings is 12. The van der Waals surface area contributed by atoms with E-state index in [2.05, 4.69) is 384 Å². The summed E-state index contributed by atoms with van der Waals surface area (Å²) in [5, 5.41) is 15.1. The molecule has 105 heavy (non-hydrogen) atoms. The zero-order valence-electron chi connectivity index (χ0n) is 62.6. The van der Waals surface area contributed by atoms with Crippen molar-refractivity contribution >= 4 is 64.6 Å². The van der Waals surface area contributed by atoms with E-state index in [1.54, 1.807) is 0 Å². The van der Waals surface area contributed by atoms with E-state index in [1.165, 1.54) is 126 Å². The summed E-state index contributed by atoms with van der Waals surface area (Å²) in [4.78, 5) is 0. The first-order valence-corrected chi connectivity index (χ1v) is 36.3. The molecule has 0 saturated heterocycles. The molecule has 0 spiro atoms. The van der Waals surface area contributed by atoms with Gasteiger partial charge in [-0.1, -0.05) is 230 Å². The number of rotatable bonds is 6. The third kappa shape index (κ3) is 16.0. The van der Waals surface area contributed by atoms with Crippen molar-refractivity contribution in [1.82, 2.24) is 0 Å². The molecule has 0 saturated carbocycles. The number of hydrogen-bond acceptors (Lipinski definition) is 0. The average molecular weight is 1590 g/mol. The van der Waals surface area contributed by atoms with Crippen LogP contribution < -0.4 is 13.7 Å². The average Bonchev–Trinajstić information content (AvgIpc) is 0.752. The summed E-state index contributed by atoms with van der Waals surface area (Å²) in [6.45, 7) is 18.5. The Morgan fingerprint density at radius 3 is 1.13 bits per heavy atom. The van der Waals surface area contributed by atoms with Crippen molar-refractivity contribution in [2.75, 3.05) is 0 Å². The van der Waals surface area contributed by atoms with E-state index >= 15 is 0 Å². The Morgan fingerprint density at radius 2 is 0.657 bits per heavy atom. The maximum absolute atomic E-state index is 3.75. The Morgan fingerprint density at radius 1 is 0.305 bits per heavy atom. The smallest absolute Gasteiger partial charge is 0.193 e. The van der Waals surface area contributed by atoms with Crippen LogP contribution in [0.1, 0.15) is 81.2 Å². The van der Waals surface area contributed by atoms with Crippen molar-refractivity contribution in [3.8, 4) is 67.2 Å². The van der Waals surface area contributed by atoms with E-state index in [0.717, 1.165) is 33.2 Å². The fraction of sp³-hybridized carbons (Fsp3) is 0.162. The van der Waals surface area contributed by atoms with Crippen molar-refractivity contribution in [3.05, 3.63) is 356 Å². The van der Waals surface area contributed by atoms with E-state index in [0.29, 0.717) is 23.7 Å². The van der Waals surface area contributed by atoms with E-state index in [4.69, 9.17) is 0 Å². The van der Waals surface area contributed by atoms with Gasteiger partial charge in [0.1, 0.15) is 21.1 Å². The molecule has 511 valence electrons. The normalized spacial score (nSPS) is 14.7. The molecule has 0 N–H and O–H groups in total. The van der Waals surface area contributed by atoms with Gasteiger partial charge in [0, 0.05) is 135 Å². The molecule has 3 aliphatic carbocycles. The fourth-order valence-electron chi connectivity index (χ4n) is 15.3. The third-order valence-corrected chi connectivity index (χ3v) is 20.2. The molecule has 6 heteroatoms. The van der Waals surface area contributed by atoms with E-state index < -0.39 is 0 Å². The van der Waals surface area contributed by atoms with Gasteiger partial charge in [0.05, 0.1) is 0 Å². The predicted molar refractivity (Wildman–Crippen MR) is 431 cm³/mol. The van der Waals surface area contributed by atoms with Crippen LogP contribution >= 0.6 is 0 Å². The Labute approximate surface area is 698 Å². The molecule has 15 aromatic rings. The van der Waals surface area contributed by atoms with Crippen LogP contribution in [-0.2, 0) is 119 Å². The number of allylic oxidation sites excluding steroid dienone is 8. The molecule has 3 aliphatic rings. The maximum atomic E-state index is 3.75. The molecule has 4 atom stereocenters. The van der Waals surface area contributed by atoms with Gasteiger partial charge < -0.3 is 0 Å². The van der Waals surface area contributed by atoms with Gasteiger partial charge >= 0.3 is 0 Å². The summed E-state index contributed by atoms with van der Waals surface area (Å²) in [7, 11) is 6.28. The summed E-state index contributed by atoms with van der Waals surface area (Å²) in [6, 6.07) is 101. The molecule has 3 nitrogen and oxygen atoms in total. The molecule has 0 fully saturated rings. The van der Waals surface area contributed by atoms with Crippen LogP contribution in [0.15, 0.2) is 292 Å². The van der Waals surface area contributed by atoms with Crippen LogP contribution in [0.5, 0.6) is 0 Å². The quantitative estimate of drug-likeness (QED) is 0.0893. The second kappa shape index (κ2) is 36.5. The van der Waals surface area contributed by atoms with Crippen LogP contribution in [0, 0.1) is 69.0 Å². The topological polar surface area (TPSA) is 11.6 Å². The first-order valence-electron chi connectivity index (χ1n) is 36.3.